The van der Waals surface area contributed by atoms with E-state index in [1.165, 1.54) is 0 Å². The van der Waals surface area contributed by atoms with Crippen LogP contribution < -0.4 is 5.32 Å². The number of amides is 1. The van der Waals surface area contributed by atoms with Crippen LogP contribution in [0.2, 0.25) is 0 Å². The number of aliphatic hydroxyl groups excluding tert-OH is 1. The minimum atomic E-state index is -0.123. The van der Waals surface area contributed by atoms with E-state index < -0.39 is 0 Å². The molecule has 1 unspecified atom stereocenters. The molecule has 2 N–H and O–H groups in total. The fraction of sp³-hybridized carbons (Fsp3) is 0.300. The maximum absolute atomic E-state index is 11.4. The van der Waals surface area contributed by atoms with Gasteiger partial charge in [-0.2, -0.15) is 0 Å². The Morgan fingerprint density at radius 3 is 3.00 bits per heavy atom. The fourth-order valence-electron chi connectivity index (χ4n) is 1.61. The maximum atomic E-state index is 11.4. The van der Waals surface area contributed by atoms with E-state index in [-0.39, 0.29) is 18.6 Å². The smallest absolute Gasteiger partial charge is 0.251 e. The summed E-state index contributed by atoms with van der Waals surface area (Å²) in [6.45, 7) is 0.0000737. The van der Waals surface area contributed by atoms with Crippen molar-refractivity contribution in [2.75, 3.05) is 6.61 Å². The third-order valence-corrected chi connectivity index (χ3v) is 2.28. The number of nitrogens with one attached hydrogen (secondary N) is 1. The zero-order valence-corrected chi connectivity index (χ0v) is 7.16. The van der Waals surface area contributed by atoms with Crippen LogP contribution in [0.4, 0.5) is 0 Å². The topological polar surface area (TPSA) is 49.3 Å². The molecule has 0 saturated carbocycles. The lowest BCUT2D eigenvalue weighted by molar-refractivity contribution is 0.0901. The molecule has 0 fully saturated rings. The molecular formula is C10H11NO2. The van der Waals surface area contributed by atoms with Gasteiger partial charge in [-0.15, -0.1) is 0 Å². The van der Waals surface area contributed by atoms with Gasteiger partial charge in [-0.1, -0.05) is 18.2 Å². The number of hydrogen-bond acceptors (Lipinski definition) is 2. The van der Waals surface area contributed by atoms with E-state index in [1.54, 1.807) is 6.07 Å². The molecule has 68 valence electrons. The first-order valence-electron chi connectivity index (χ1n) is 4.31. The SMILES string of the molecule is O=C1NC(CO)Cc2ccccc21. The first kappa shape index (κ1) is 8.26. The fourth-order valence-corrected chi connectivity index (χ4v) is 1.61. The summed E-state index contributed by atoms with van der Waals surface area (Å²) in [5, 5.41) is 11.7. The van der Waals surface area contributed by atoms with Crippen LogP contribution in [-0.4, -0.2) is 23.7 Å². The van der Waals surface area contributed by atoms with Gasteiger partial charge in [-0.25, -0.2) is 0 Å². The molecule has 2 rings (SSSR count). The van der Waals surface area contributed by atoms with Crippen LogP contribution in [0.25, 0.3) is 0 Å². The van der Waals surface area contributed by atoms with Crippen LogP contribution in [-0.2, 0) is 6.42 Å². The summed E-state index contributed by atoms with van der Waals surface area (Å²) < 4.78 is 0. The van der Waals surface area contributed by atoms with Gasteiger partial charge in [-0.05, 0) is 18.1 Å². The number of carbonyl (C=O) groups is 1. The highest BCUT2D eigenvalue weighted by Crippen LogP contribution is 2.15. The molecule has 3 nitrogen and oxygen atoms in total. The third kappa shape index (κ3) is 1.42. The van der Waals surface area contributed by atoms with E-state index >= 15 is 0 Å². The van der Waals surface area contributed by atoms with Crippen LogP contribution in [0.3, 0.4) is 0 Å². The molecule has 1 aliphatic heterocycles. The lowest BCUT2D eigenvalue weighted by atomic mass is 9.96. The van der Waals surface area contributed by atoms with Gasteiger partial charge >= 0.3 is 0 Å². The zero-order chi connectivity index (χ0) is 9.26. The number of benzene rings is 1. The van der Waals surface area contributed by atoms with Crippen LogP contribution in [0.5, 0.6) is 0 Å². The Labute approximate surface area is 76.4 Å². The van der Waals surface area contributed by atoms with E-state index in [1.807, 2.05) is 18.2 Å². The van der Waals surface area contributed by atoms with Gasteiger partial charge in [0.05, 0.1) is 12.6 Å². The second-order valence-corrected chi connectivity index (χ2v) is 3.21. The van der Waals surface area contributed by atoms with Gasteiger partial charge < -0.3 is 10.4 Å². The largest absolute Gasteiger partial charge is 0.394 e. The second kappa shape index (κ2) is 3.18. The van der Waals surface area contributed by atoms with Crippen LogP contribution >= 0.6 is 0 Å². The molecule has 0 saturated heterocycles. The normalized spacial score (nSPS) is 20.7. The number of hydrogen-bond donors (Lipinski definition) is 2. The summed E-state index contributed by atoms with van der Waals surface area (Å²) in [5.41, 5.74) is 1.75. The van der Waals surface area contributed by atoms with E-state index in [9.17, 15) is 4.79 Å². The molecule has 0 aliphatic carbocycles. The Morgan fingerprint density at radius 2 is 2.23 bits per heavy atom. The zero-order valence-electron chi connectivity index (χ0n) is 7.16. The quantitative estimate of drug-likeness (QED) is 0.649. The number of carbonyl (C=O) groups excluding carboxylic acids is 1. The summed E-state index contributed by atoms with van der Waals surface area (Å²) in [6.07, 6.45) is 0.721. The molecule has 1 atom stereocenters. The van der Waals surface area contributed by atoms with Gasteiger partial charge in [0.2, 0.25) is 0 Å². The maximum Gasteiger partial charge on any atom is 0.251 e. The predicted octanol–water partition coefficient (Wildman–Crippen LogP) is 0.333. The number of aliphatic hydroxyl groups is 1. The van der Waals surface area contributed by atoms with Crippen molar-refractivity contribution in [3.8, 4) is 0 Å². The lowest BCUT2D eigenvalue weighted by Crippen LogP contribution is -2.43. The van der Waals surface area contributed by atoms with Crippen LogP contribution in [0.1, 0.15) is 15.9 Å². The Bertz CT molecular complexity index is 335. The molecule has 1 aliphatic rings. The average molecular weight is 177 g/mol. The monoisotopic (exact) mass is 177 g/mol. The van der Waals surface area contributed by atoms with E-state index in [0.29, 0.717) is 0 Å². The van der Waals surface area contributed by atoms with Crippen molar-refractivity contribution in [1.29, 1.82) is 0 Å². The highest BCUT2D eigenvalue weighted by molar-refractivity contribution is 5.96. The van der Waals surface area contributed by atoms with Crippen molar-refractivity contribution in [2.45, 2.75) is 12.5 Å². The Morgan fingerprint density at radius 1 is 1.46 bits per heavy atom. The van der Waals surface area contributed by atoms with Crippen molar-refractivity contribution >= 4 is 5.91 Å². The van der Waals surface area contributed by atoms with Gasteiger partial charge in [0.25, 0.3) is 5.91 Å². The predicted molar refractivity (Wildman–Crippen MR) is 48.5 cm³/mol. The first-order valence-corrected chi connectivity index (χ1v) is 4.31. The summed E-state index contributed by atoms with van der Waals surface area (Å²) in [4.78, 5) is 11.4. The van der Waals surface area contributed by atoms with Gasteiger partial charge in [0.1, 0.15) is 0 Å². The summed E-state index contributed by atoms with van der Waals surface area (Å²) >= 11 is 0. The Hall–Kier alpha value is -1.35. The summed E-state index contributed by atoms with van der Waals surface area (Å²) in [5.74, 6) is -0.0825. The highest BCUT2D eigenvalue weighted by Gasteiger charge is 2.22. The van der Waals surface area contributed by atoms with Crippen molar-refractivity contribution in [2.24, 2.45) is 0 Å². The molecule has 1 amide bonds. The molecule has 0 aromatic heterocycles. The van der Waals surface area contributed by atoms with Crippen molar-refractivity contribution < 1.29 is 9.90 Å². The molecule has 0 bridgehead atoms. The summed E-state index contributed by atoms with van der Waals surface area (Å²) in [6, 6.07) is 7.36. The number of rotatable bonds is 1. The van der Waals surface area contributed by atoms with Crippen molar-refractivity contribution in [3.05, 3.63) is 35.4 Å². The molecule has 0 spiro atoms. The molecule has 1 aromatic rings. The Kier molecular flexibility index (Phi) is 2.02. The molecule has 3 heteroatoms. The Balaban J connectivity index is 2.37. The van der Waals surface area contributed by atoms with E-state index in [0.717, 1.165) is 17.5 Å². The first-order chi connectivity index (χ1) is 6.31. The van der Waals surface area contributed by atoms with Crippen molar-refractivity contribution in [1.82, 2.24) is 5.32 Å². The van der Waals surface area contributed by atoms with Crippen molar-refractivity contribution in [3.63, 3.8) is 0 Å². The lowest BCUT2D eigenvalue weighted by Gasteiger charge is -2.23. The molecule has 0 radical (unpaired) electrons. The molecule has 13 heavy (non-hydrogen) atoms. The average Bonchev–Trinajstić information content (AvgIpc) is 2.18. The minimum Gasteiger partial charge on any atom is -0.394 e. The van der Waals surface area contributed by atoms with E-state index in [4.69, 9.17) is 5.11 Å². The van der Waals surface area contributed by atoms with Gasteiger partial charge in [0.15, 0.2) is 0 Å². The summed E-state index contributed by atoms with van der Waals surface area (Å²) in [7, 11) is 0. The highest BCUT2D eigenvalue weighted by atomic mass is 16.3. The minimum absolute atomic E-state index is 0.0000737. The molecule has 1 aromatic carbocycles. The molecule has 1 heterocycles. The second-order valence-electron chi connectivity index (χ2n) is 3.21. The van der Waals surface area contributed by atoms with Gasteiger partial charge in [0, 0.05) is 5.56 Å². The standard InChI is InChI=1S/C10H11NO2/c12-6-8-5-7-3-1-2-4-9(7)10(13)11-8/h1-4,8,12H,5-6H2,(H,11,13). The number of fused-ring (bicyclic) bond motifs is 1. The van der Waals surface area contributed by atoms with Crippen LogP contribution in [0, 0.1) is 0 Å². The molecular weight excluding hydrogens is 166 g/mol. The van der Waals surface area contributed by atoms with Crippen LogP contribution in [0.15, 0.2) is 24.3 Å². The van der Waals surface area contributed by atoms with E-state index in [2.05, 4.69) is 5.32 Å². The van der Waals surface area contributed by atoms with Gasteiger partial charge in [-0.3, -0.25) is 4.79 Å². The third-order valence-electron chi connectivity index (χ3n) is 2.28.